The molecule has 3 aromatic heterocycles. The maximum absolute atomic E-state index is 7.32. The molecule has 0 bridgehead atoms. The van der Waals surface area contributed by atoms with Gasteiger partial charge in [-0.15, -0.1) is 11.3 Å². The van der Waals surface area contributed by atoms with Crippen LogP contribution in [0.3, 0.4) is 0 Å². The van der Waals surface area contributed by atoms with E-state index in [-0.39, 0.29) is 27.1 Å². The van der Waals surface area contributed by atoms with Gasteiger partial charge in [-0.1, -0.05) is 157 Å². The first kappa shape index (κ1) is 42.3. The average molecular weight is 893 g/mol. The molecule has 0 amide bonds. The first-order valence-corrected chi connectivity index (χ1v) is 25.1. The second-order valence-electron chi connectivity index (χ2n) is 23.9. The first-order chi connectivity index (χ1) is 31.6. The lowest BCUT2D eigenvalue weighted by Gasteiger charge is -2.44. The topological polar surface area (TPSA) is 30.1 Å². The molecule has 0 fully saturated rings. The Hall–Kier alpha value is -6.04. The number of thiophene rings is 1. The van der Waals surface area contributed by atoms with Crippen LogP contribution >= 0.6 is 11.3 Å². The van der Waals surface area contributed by atoms with E-state index < -0.39 is 0 Å². The molecule has 0 saturated heterocycles. The van der Waals surface area contributed by atoms with Gasteiger partial charge in [0.2, 0.25) is 7.28 Å². The molecule has 0 unspecified atom stereocenters. The van der Waals surface area contributed by atoms with Gasteiger partial charge in [0.25, 0.3) is 0 Å². The highest BCUT2D eigenvalue weighted by atomic mass is 32.1. The molecule has 3 nitrogen and oxygen atoms in total. The second kappa shape index (κ2) is 13.8. The molecule has 0 spiro atoms. The van der Waals surface area contributed by atoms with Gasteiger partial charge in [-0.3, -0.25) is 0 Å². The molecule has 1 aliphatic heterocycles. The summed E-state index contributed by atoms with van der Waals surface area (Å²) in [7, 11) is 0.817. The number of rotatable bonds is 3. The smallest absolute Gasteiger partial charge is 0.211 e. The van der Waals surface area contributed by atoms with Gasteiger partial charge in [0.05, 0.1) is 22.1 Å². The molecule has 10 aromatic rings. The number of nitrogens with zero attached hydrogens (tertiary/aromatic N) is 1. The number of hydrogen-bond acceptors (Lipinski definition) is 3. The minimum atomic E-state index is -0.246. The molecule has 334 valence electrons. The highest BCUT2D eigenvalue weighted by Gasteiger charge is 2.43. The molecule has 5 heteroatoms. The van der Waals surface area contributed by atoms with Crippen LogP contribution in [0.4, 0.5) is 11.4 Å². The van der Waals surface area contributed by atoms with Crippen LogP contribution in [0.5, 0.6) is 0 Å². The van der Waals surface area contributed by atoms with Crippen molar-refractivity contribution in [2.75, 3.05) is 5.32 Å². The lowest BCUT2D eigenvalue weighted by atomic mass is 9.58. The van der Waals surface area contributed by atoms with E-state index in [9.17, 15) is 0 Å². The van der Waals surface area contributed by atoms with Gasteiger partial charge in [-0.05, 0) is 126 Å². The van der Waals surface area contributed by atoms with Crippen LogP contribution in [0.25, 0.3) is 70.6 Å². The molecule has 12 rings (SSSR count). The predicted octanol–water partition coefficient (Wildman–Crippen LogP) is 15.9. The lowest BCUT2D eigenvalue weighted by Crippen LogP contribution is -2.37. The third-order valence-corrected chi connectivity index (χ3v) is 16.9. The fourth-order valence-corrected chi connectivity index (χ4v) is 13.0. The fourth-order valence-electron chi connectivity index (χ4n) is 11.9. The minimum Gasteiger partial charge on any atom is -0.455 e. The second-order valence-corrected chi connectivity index (χ2v) is 25.0. The number of fused-ring (bicyclic) bond motifs is 13. The van der Waals surface area contributed by atoms with Crippen molar-refractivity contribution in [2.45, 2.75) is 117 Å². The molecule has 0 radical (unpaired) electrons. The van der Waals surface area contributed by atoms with E-state index in [2.05, 4.69) is 221 Å². The van der Waals surface area contributed by atoms with Gasteiger partial charge < -0.3 is 14.3 Å². The number of furan rings is 1. The number of hydrogen-bond donors (Lipinski definition) is 1. The zero-order valence-corrected chi connectivity index (χ0v) is 42.3. The quantitative estimate of drug-likeness (QED) is 0.179. The fraction of sp³-hybridized carbons (Fsp3) is 0.290. The molecule has 0 saturated carbocycles. The van der Waals surface area contributed by atoms with Gasteiger partial charge in [-0.2, -0.15) is 0 Å². The van der Waals surface area contributed by atoms with Crippen molar-refractivity contribution in [3.63, 3.8) is 0 Å². The van der Waals surface area contributed by atoms with E-state index in [1.54, 1.807) is 0 Å². The monoisotopic (exact) mass is 892 g/mol. The Bertz CT molecular complexity index is 3740. The molecule has 7 aromatic carbocycles. The van der Waals surface area contributed by atoms with E-state index in [4.69, 9.17) is 4.42 Å². The van der Waals surface area contributed by atoms with E-state index in [0.717, 1.165) is 35.2 Å². The average Bonchev–Trinajstić information content (AvgIpc) is 3.95. The molecule has 2 aliphatic rings. The van der Waals surface area contributed by atoms with Gasteiger partial charge in [0.1, 0.15) is 11.2 Å². The summed E-state index contributed by atoms with van der Waals surface area (Å²) >= 11 is 1.97. The Balaban J connectivity index is 1.26. The third kappa shape index (κ3) is 6.08. The number of benzene rings is 7. The van der Waals surface area contributed by atoms with Crippen LogP contribution in [0.15, 0.2) is 126 Å². The van der Waals surface area contributed by atoms with Crippen molar-refractivity contribution in [3.05, 3.63) is 160 Å². The van der Waals surface area contributed by atoms with E-state index >= 15 is 0 Å². The minimum absolute atomic E-state index is 0.0185. The summed E-state index contributed by atoms with van der Waals surface area (Å²) in [5.74, 6) is 0. The highest BCUT2D eigenvalue weighted by Crippen LogP contribution is 2.54. The summed E-state index contributed by atoms with van der Waals surface area (Å²) in [5.41, 5.74) is 20.8. The first-order valence-electron chi connectivity index (χ1n) is 24.3. The third-order valence-electron chi connectivity index (χ3n) is 15.7. The molecule has 0 atom stereocenters. The van der Waals surface area contributed by atoms with Crippen LogP contribution in [-0.4, -0.2) is 11.8 Å². The molecule has 4 heterocycles. The predicted molar refractivity (Wildman–Crippen MR) is 292 cm³/mol. The molecular formula is C62H61BN2OS. The highest BCUT2D eigenvalue weighted by molar-refractivity contribution is 7.29. The summed E-state index contributed by atoms with van der Waals surface area (Å²) < 4.78 is 12.7. The van der Waals surface area contributed by atoms with Crippen LogP contribution in [0.1, 0.15) is 129 Å². The van der Waals surface area contributed by atoms with E-state index in [1.807, 2.05) is 11.3 Å². The van der Waals surface area contributed by atoms with Crippen molar-refractivity contribution in [1.29, 1.82) is 0 Å². The maximum atomic E-state index is 7.32. The summed E-state index contributed by atoms with van der Waals surface area (Å²) in [6, 6.07) is 46.5. The number of anilines is 2. The largest absolute Gasteiger partial charge is 0.455 e. The molecule has 67 heavy (non-hydrogen) atoms. The van der Waals surface area contributed by atoms with E-state index in [0.29, 0.717) is 0 Å². The van der Waals surface area contributed by atoms with Crippen LogP contribution in [-0.2, 0) is 27.1 Å². The summed E-state index contributed by atoms with van der Waals surface area (Å²) in [6.07, 6.45) is 0. The lowest BCUT2D eigenvalue weighted by molar-refractivity contribution is 0.521. The van der Waals surface area contributed by atoms with Gasteiger partial charge in [-0.25, -0.2) is 0 Å². The molecular weight excluding hydrogens is 832 g/mol. The van der Waals surface area contributed by atoms with Crippen LogP contribution in [0.2, 0.25) is 0 Å². The molecule has 1 N–H and O–H groups in total. The van der Waals surface area contributed by atoms with Crippen LogP contribution in [0, 0.1) is 0 Å². The molecule has 1 aliphatic carbocycles. The summed E-state index contributed by atoms with van der Waals surface area (Å²) in [6.45, 7) is 30.5. The van der Waals surface area contributed by atoms with Crippen molar-refractivity contribution < 1.29 is 4.42 Å². The number of para-hydroxylation sites is 1. The number of nitrogens with one attached hydrogen (secondary N) is 1. The summed E-state index contributed by atoms with van der Waals surface area (Å²) in [5, 5.41) is 10.2. The summed E-state index contributed by atoms with van der Waals surface area (Å²) in [4.78, 5) is 0. The Morgan fingerprint density at radius 1 is 0.567 bits per heavy atom. The van der Waals surface area contributed by atoms with Gasteiger partial charge >= 0.3 is 0 Å². The maximum Gasteiger partial charge on any atom is 0.211 e. The van der Waals surface area contributed by atoms with Crippen LogP contribution < -0.4 is 15.6 Å². The Morgan fingerprint density at radius 3 is 1.81 bits per heavy atom. The van der Waals surface area contributed by atoms with E-state index in [1.165, 1.54) is 103 Å². The van der Waals surface area contributed by atoms with Gasteiger partial charge in [0.15, 0.2) is 0 Å². The van der Waals surface area contributed by atoms with Crippen molar-refractivity contribution in [2.24, 2.45) is 0 Å². The number of aromatic nitrogens is 1. The standard InChI is InChI=1S/C62H61BN2OS/c1-58(2,3)34-22-26-37(27-23-34)64-46-33-45-44(61(10,11)42-19-15-16-20-43(42)62(45,12)13)32-39(46)50-51-38-18-14-17-21-48(38)66-56(51)52-40-30-35(59(4,5)6)24-28-47(40)65-54-41-31-36(60(7,8)9)25-29-49(41)67-57(54)63-53(50)55(52)65/h14-33,63-64H,1-13H3. The Morgan fingerprint density at radius 2 is 1.15 bits per heavy atom. The Kier molecular flexibility index (Phi) is 8.71. The zero-order valence-electron chi connectivity index (χ0n) is 41.5. The van der Waals surface area contributed by atoms with Crippen molar-refractivity contribution >= 4 is 94.1 Å². The van der Waals surface area contributed by atoms with Gasteiger partial charge in [0, 0.05) is 54.0 Å². The Labute approximate surface area is 400 Å². The SMILES string of the molecule is CC(C)(C)c1ccc(Nc2cc3c(cc2-c2c4c5c(c6cc(C(C)(C)C)ccc6n5-c5c(sc6ccc(C(C)(C)C)cc56)B4)c4oc5ccccc5c24)C(C)(C)c2ccccc2C3(C)C)cc1. The van der Waals surface area contributed by atoms with Crippen molar-refractivity contribution in [3.8, 4) is 16.8 Å². The van der Waals surface area contributed by atoms with Crippen molar-refractivity contribution in [1.82, 2.24) is 4.57 Å². The normalized spacial score (nSPS) is 15.3. The zero-order chi connectivity index (χ0) is 46.9.